The summed E-state index contributed by atoms with van der Waals surface area (Å²) in [7, 11) is 1.49. The molecule has 6 aromatic rings. The van der Waals surface area contributed by atoms with Gasteiger partial charge < -0.3 is 24.0 Å². The van der Waals surface area contributed by atoms with Crippen LogP contribution in [0.4, 0.5) is 8.78 Å². The summed E-state index contributed by atoms with van der Waals surface area (Å²) in [5.41, 5.74) is 7.16. The lowest BCUT2D eigenvalue weighted by molar-refractivity contribution is -0.132. The molecule has 2 aromatic carbocycles. The van der Waals surface area contributed by atoms with Crippen LogP contribution in [0.25, 0.3) is 55.6 Å². The maximum Gasteiger partial charge on any atom is 0.267 e. The number of alkyl halides is 2. The maximum absolute atomic E-state index is 14.4. The van der Waals surface area contributed by atoms with Crippen LogP contribution in [0.15, 0.2) is 71.7 Å². The van der Waals surface area contributed by atoms with Crippen LogP contribution in [0.2, 0.25) is 0 Å². The molecule has 1 amide bonds. The van der Waals surface area contributed by atoms with Crippen LogP contribution >= 0.6 is 0 Å². The Morgan fingerprint density at radius 2 is 1.78 bits per heavy atom. The van der Waals surface area contributed by atoms with E-state index in [9.17, 15) is 13.6 Å². The van der Waals surface area contributed by atoms with Crippen LogP contribution in [0.1, 0.15) is 18.3 Å². The standard InChI is InChI=1S/C30H26F2N6O3/c1-40-16-34-13-26(39)38-14-30(31,32)10-23(38)29-35-12-21(37-29)18-4-2-17(3-5-18)19-6-7-20(22-11-33-15-36-22)28-25-9-8-24(41-25)27(19)28/h2-9,11-12,15,23,34H,10,13-14,16H2,1H3,(H,33,36)(H,35,37). The number of carbonyl (C=O) groups is 1. The smallest absolute Gasteiger partial charge is 0.267 e. The number of rotatable bonds is 8. The van der Waals surface area contributed by atoms with Crippen molar-refractivity contribution in [2.45, 2.75) is 18.4 Å². The van der Waals surface area contributed by atoms with E-state index < -0.39 is 30.8 Å². The summed E-state index contributed by atoms with van der Waals surface area (Å²) in [6.07, 6.45) is 4.59. The number of aromatic amines is 2. The minimum absolute atomic E-state index is 0.0960. The molecule has 0 spiro atoms. The van der Waals surface area contributed by atoms with Gasteiger partial charge in [-0.25, -0.2) is 18.7 Å². The number of furan rings is 2. The van der Waals surface area contributed by atoms with Crippen molar-refractivity contribution in [3.63, 3.8) is 0 Å². The molecule has 11 heteroatoms. The Morgan fingerprint density at radius 1 is 1.05 bits per heavy atom. The summed E-state index contributed by atoms with van der Waals surface area (Å²) in [6, 6.07) is 15.2. The summed E-state index contributed by atoms with van der Waals surface area (Å²) in [6.45, 7) is -0.584. The molecule has 1 aliphatic heterocycles. The SMILES string of the molecule is COCNCC(=O)N1CC(F)(F)CC1c1ncc(-c2ccc(-c3ccc(-c4cnc[nH]4)c4c5ccc(o5)c34)cc2)[nH]1. The highest BCUT2D eigenvalue weighted by atomic mass is 19.3. The number of methoxy groups -OCH3 is 1. The van der Waals surface area contributed by atoms with Gasteiger partial charge in [-0.2, -0.15) is 0 Å². The van der Waals surface area contributed by atoms with Crippen LogP contribution in [-0.4, -0.2) is 63.6 Å². The lowest BCUT2D eigenvalue weighted by Gasteiger charge is -2.22. The molecule has 1 atom stereocenters. The van der Waals surface area contributed by atoms with Gasteiger partial charge in [-0.15, -0.1) is 0 Å². The lowest BCUT2D eigenvalue weighted by Crippen LogP contribution is -2.39. The molecule has 208 valence electrons. The second kappa shape index (κ2) is 9.79. The number of likely N-dealkylation sites (tertiary alicyclic amines) is 1. The number of carbonyl (C=O) groups excluding carboxylic acids is 1. The molecule has 1 saturated heterocycles. The number of ether oxygens (including phenoxy) is 1. The van der Waals surface area contributed by atoms with Gasteiger partial charge in [0.1, 0.15) is 17.0 Å². The molecule has 1 unspecified atom stereocenters. The molecule has 1 fully saturated rings. The average Bonchev–Trinajstić information content (AvgIpc) is 3.81. The summed E-state index contributed by atoms with van der Waals surface area (Å²) in [4.78, 5) is 28.8. The molecule has 4 aromatic heterocycles. The van der Waals surface area contributed by atoms with Gasteiger partial charge >= 0.3 is 0 Å². The van der Waals surface area contributed by atoms with E-state index in [-0.39, 0.29) is 13.3 Å². The van der Waals surface area contributed by atoms with Crippen LogP contribution < -0.4 is 5.32 Å². The van der Waals surface area contributed by atoms with E-state index in [1.807, 2.05) is 36.4 Å². The van der Waals surface area contributed by atoms with Crippen molar-refractivity contribution >= 4 is 27.8 Å². The number of nitrogens with one attached hydrogen (secondary N) is 3. The van der Waals surface area contributed by atoms with Gasteiger partial charge in [0, 0.05) is 29.9 Å². The Hall–Kier alpha value is -4.61. The van der Waals surface area contributed by atoms with Gasteiger partial charge in [0.25, 0.3) is 5.92 Å². The van der Waals surface area contributed by atoms with Crippen LogP contribution in [0, 0.1) is 0 Å². The highest BCUT2D eigenvalue weighted by Crippen LogP contribution is 2.44. The van der Waals surface area contributed by atoms with Crippen molar-refractivity contribution in [3.05, 3.63) is 73.1 Å². The highest BCUT2D eigenvalue weighted by Gasteiger charge is 2.48. The predicted molar refractivity (Wildman–Crippen MR) is 149 cm³/mol. The average molecular weight is 557 g/mol. The molecular formula is C30H26F2N6O3. The monoisotopic (exact) mass is 556 g/mol. The number of benzene rings is 3. The molecule has 1 aliphatic rings. The van der Waals surface area contributed by atoms with E-state index in [4.69, 9.17) is 9.15 Å². The van der Waals surface area contributed by atoms with Crippen molar-refractivity contribution in [1.82, 2.24) is 30.2 Å². The number of hydrogen-bond acceptors (Lipinski definition) is 6. The molecule has 0 saturated carbocycles. The fraction of sp³-hybridized carbons (Fsp3) is 0.233. The quantitative estimate of drug-likeness (QED) is 0.167. The molecule has 7 rings (SSSR count). The molecule has 3 N–H and O–H groups in total. The summed E-state index contributed by atoms with van der Waals surface area (Å²) < 4.78 is 39.7. The second-order valence-corrected chi connectivity index (χ2v) is 10.3. The van der Waals surface area contributed by atoms with Crippen LogP contribution in [0.3, 0.4) is 0 Å². The minimum Gasteiger partial charge on any atom is -0.456 e. The lowest BCUT2D eigenvalue weighted by atomic mass is 9.93. The zero-order valence-corrected chi connectivity index (χ0v) is 22.1. The van der Waals surface area contributed by atoms with Crippen molar-refractivity contribution in [2.24, 2.45) is 0 Å². The Bertz CT molecular complexity index is 1830. The number of H-pyrrole nitrogens is 2. The van der Waals surface area contributed by atoms with Gasteiger partial charge in [-0.3, -0.25) is 10.1 Å². The Labute approximate surface area is 232 Å². The van der Waals surface area contributed by atoms with Gasteiger partial charge in [0.15, 0.2) is 0 Å². The number of amides is 1. The third kappa shape index (κ3) is 4.43. The van der Waals surface area contributed by atoms with E-state index in [1.54, 1.807) is 18.7 Å². The number of nitrogens with zero attached hydrogens (tertiary/aromatic N) is 3. The summed E-state index contributed by atoms with van der Waals surface area (Å²) in [5.74, 6) is -3.08. The van der Waals surface area contributed by atoms with Crippen molar-refractivity contribution in [3.8, 4) is 33.6 Å². The Balaban J connectivity index is 1.17. The molecule has 0 radical (unpaired) electrons. The van der Waals surface area contributed by atoms with Crippen LogP contribution in [-0.2, 0) is 9.53 Å². The zero-order chi connectivity index (χ0) is 28.1. The third-order valence-electron chi connectivity index (χ3n) is 7.62. The van der Waals surface area contributed by atoms with E-state index in [1.165, 1.54) is 12.0 Å². The largest absolute Gasteiger partial charge is 0.456 e. The van der Waals surface area contributed by atoms with E-state index in [0.29, 0.717) is 11.5 Å². The number of fused-ring (bicyclic) bond motifs is 5. The number of hydrogen-bond donors (Lipinski definition) is 3. The highest BCUT2D eigenvalue weighted by molar-refractivity contribution is 6.19. The van der Waals surface area contributed by atoms with Gasteiger partial charge in [-0.1, -0.05) is 36.4 Å². The van der Waals surface area contributed by atoms with Gasteiger partial charge in [0.05, 0.1) is 56.0 Å². The molecular weight excluding hydrogens is 530 g/mol. The summed E-state index contributed by atoms with van der Waals surface area (Å²) in [5, 5.41) is 4.87. The fourth-order valence-electron chi connectivity index (χ4n) is 5.76. The predicted octanol–water partition coefficient (Wildman–Crippen LogP) is 5.57. The van der Waals surface area contributed by atoms with Crippen molar-refractivity contribution in [2.75, 3.05) is 26.9 Å². The van der Waals surface area contributed by atoms with Crippen LogP contribution in [0.5, 0.6) is 0 Å². The zero-order valence-electron chi connectivity index (χ0n) is 22.1. The van der Waals surface area contributed by atoms with E-state index in [0.717, 1.165) is 49.9 Å². The molecule has 0 aliphatic carbocycles. The normalized spacial score (nSPS) is 16.9. The van der Waals surface area contributed by atoms with Crippen molar-refractivity contribution < 1.29 is 22.7 Å². The van der Waals surface area contributed by atoms with Crippen molar-refractivity contribution in [1.29, 1.82) is 0 Å². The summed E-state index contributed by atoms with van der Waals surface area (Å²) >= 11 is 0. The Kier molecular flexibility index (Phi) is 6.06. The molecule has 5 heterocycles. The second-order valence-electron chi connectivity index (χ2n) is 10.3. The first-order chi connectivity index (χ1) is 19.9. The first-order valence-corrected chi connectivity index (χ1v) is 13.2. The Morgan fingerprint density at radius 3 is 2.51 bits per heavy atom. The topological polar surface area (TPSA) is 112 Å². The van der Waals surface area contributed by atoms with Gasteiger partial charge in [-0.05, 0) is 28.8 Å². The third-order valence-corrected chi connectivity index (χ3v) is 7.62. The number of imidazole rings is 2. The first-order valence-electron chi connectivity index (χ1n) is 13.2. The molecule has 9 nitrogen and oxygen atoms in total. The number of aromatic nitrogens is 4. The minimum atomic E-state index is -2.99. The first kappa shape index (κ1) is 25.4. The number of halogens is 2. The maximum atomic E-state index is 14.4. The fourth-order valence-corrected chi connectivity index (χ4v) is 5.76. The molecule has 2 bridgehead atoms. The molecule has 41 heavy (non-hydrogen) atoms. The van der Waals surface area contributed by atoms with Gasteiger partial charge in [0.2, 0.25) is 5.91 Å². The van der Waals surface area contributed by atoms with E-state index in [2.05, 4.69) is 37.4 Å². The van der Waals surface area contributed by atoms with E-state index >= 15 is 0 Å².